The number of carbonyl (C=O) groups is 1. The van der Waals surface area contributed by atoms with Crippen LogP contribution in [0.3, 0.4) is 0 Å². The van der Waals surface area contributed by atoms with Crippen LogP contribution in [0.1, 0.15) is 55.3 Å². The van der Waals surface area contributed by atoms with E-state index in [0.717, 1.165) is 18.4 Å². The predicted octanol–water partition coefficient (Wildman–Crippen LogP) is 2.68. The Morgan fingerprint density at radius 2 is 2.09 bits per heavy atom. The lowest BCUT2D eigenvalue weighted by Crippen LogP contribution is -2.36. The molecule has 0 spiro atoms. The van der Waals surface area contributed by atoms with Gasteiger partial charge in [-0.05, 0) is 55.2 Å². The summed E-state index contributed by atoms with van der Waals surface area (Å²) >= 11 is 0. The minimum Gasteiger partial charge on any atom is -0.383 e. The number of fused-ring (bicyclic) bond motifs is 1. The molecule has 7 nitrogen and oxygen atoms in total. The maximum atomic E-state index is 13.0. The number of nitrogens with one attached hydrogen (secondary N) is 1. The van der Waals surface area contributed by atoms with Gasteiger partial charge >= 0.3 is 0 Å². The van der Waals surface area contributed by atoms with Gasteiger partial charge in [0.2, 0.25) is 0 Å². The van der Waals surface area contributed by atoms with Crippen LogP contribution < -0.4 is 5.32 Å². The highest BCUT2D eigenvalue weighted by Gasteiger charge is 2.31. The third-order valence-electron chi connectivity index (χ3n) is 6.38. The van der Waals surface area contributed by atoms with Gasteiger partial charge in [0, 0.05) is 25.9 Å². The fourth-order valence-corrected chi connectivity index (χ4v) is 6.26. The number of nitrogens with zero attached hydrogens (tertiary/aromatic N) is 2. The molecule has 2 aliphatic rings. The van der Waals surface area contributed by atoms with E-state index >= 15 is 0 Å². The van der Waals surface area contributed by atoms with Crippen LogP contribution in [0.15, 0.2) is 30.0 Å². The molecule has 1 fully saturated rings. The predicted molar refractivity (Wildman–Crippen MR) is 124 cm³/mol. The molecule has 3 rings (SSSR count). The molecule has 0 bridgehead atoms. The van der Waals surface area contributed by atoms with Crippen LogP contribution >= 0.6 is 0 Å². The monoisotopic (exact) mass is 459 g/mol. The van der Waals surface area contributed by atoms with E-state index in [1.165, 1.54) is 30.2 Å². The maximum absolute atomic E-state index is 13.0. The maximum Gasteiger partial charge on any atom is 0.263 e. The van der Waals surface area contributed by atoms with Gasteiger partial charge in [-0.15, -0.1) is 0 Å². The fraction of sp³-hybridized carbons (Fsp3) is 0.583. The van der Waals surface area contributed by atoms with Crippen molar-refractivity contribution in [2.75, 3.05) is 31.8 Å². The fourth-order valence-electron chi connectivity index (χ4n) is 4.52. The van der Waals surface area contributed by atoms with Gasteiger partial charge in [-0.2, -0.15) is 5.26 Å². The van der Waals surface area contributed by atoms with E-state index < -0.39 is 15.7 Å². The first-order valence-electron chi connectivity index (χ1n) is 11.4. The molecule has 1 saturated heterocycles. The summed E-state index contributed by atoms with van der Waals surface area (Å²) in [5.41, 5.74) is 3.77. The Balaban J connectivity index is 1.76. The number of sulfone groups is 1. The summed E-state index contributed by atoms with van der Waals surface area (Å²) in [7, 11) is -1.53. The average molecular weight is 460 g/mol. The van der Waals surface area contributed by atoms with E-state index in [4.69, 9.17) is 4.74 Å². The Hall–Kier alpha value is -2.37. The summed E-state index contributed by atoms with van der Waals surface area (Å²) in [4.78, 5) is 14.7. The zero-order valence-corrected chi connectivity index (χ0v) is 19.8. The first-order chi connectivity index (χ1) is 15.4. The standard InChI is InChI=1S/C24H33N3O4S/c1-3-23(20-9-8-18-6-4-5-7-19(18)14-20)26-24(28)21(15-25)16-27(11-12-31-2)22-10-13-32(29,30)17-22/h8-9,14,16,22-23H,3-7,10-13,17H2,1-2H3,(H,26,28)/b21-16-. The van der Waals surface area contributed by atoms with Crippen molar-refractivity contribution in [3.05, 3.63) is 46.7 Å². The highest BCUT2D eigenvalue weighted by molar-refractivity contribution is 7.91. The van der Waals surface area contributed by atoms with E-state index in [0.29, 0.717) is 26.0 Å². The van der Waals surface area contributed by atoms with E-state index in [9.17, 15) is 18.5 Å². The zero-order chi connectivity index (χ0) is 23.1. The van der Waals surface area contributed by atoms with Gasteiger partial charge in [-0.1, -0.05) is 25.1 Å². The van der Waals surface area contributed by atoms with Crippen LogP contribution in [-0.2, 0) is 32.2 Å². The van der Waals surface area contributed by atoms with Gasteiger partial charge in [0.1, 0.15) is 11.6 Å². The van der Waals surface area contributed by atoms with Gasteiger partial charge in [-0.25, -0.2) is 8.42 Å². The SMILES string of the molecule is CCC(NC(=O)/C(C#N)=C\N(CCOC)C1CCS(=O)(=O)C1)c1ccc2c(c1)CCCC2. The van der Waals surface area contributed by atoms with Crippen molar-refractivity contribution in [3.63, 3.8) is 0 Å². The number of aryl methyl sites for hydroxylation is 2. The topological polar surface area (TPSA) is 99.5 Å². The minimum absolute atomic E-state index is 0.0261. The van der Waals surface area contributed by atoms with Crippen LogP contribution in [-0.4, -0.2) is 57.0 Å². The second-order valence-electron chi connectivity index (χ2n) is 8.61. The van der Waals surface area contributed by atoms with Crippen molar-refractivity contribution >= 4 is 15.7 Å². The molecule has 2 unspecified atom stereocenters. The number of amides is 1. The number of nitriles is 1. The Bertz CT molecular complexity index is 997. The average Bonchev–Trinajstić information content (AvgIpc) is 3.16. The number of carbonyl (C=O) groups excluding carboxylic acids is 1. The number of hydrogen-bond donors (Lipinski definition) is 1. The molecule has 1 amide bonds. The molecule has 32 heavy (non-hydrogen) atoms. The van der Waals surface area contributed by atoms with Gasteiger partial charge in [0.25, 0.3) is 5.91 Å². The van der Waals surface area contributed by atoms with Crippen molar-refractivity contribution in [1.82, 2.24) is 10.2 Å². The van der Waals surface area contributed by atoms with Gasteiger partial charge < -0.3 is 15.0 Å². The molecular weight excluding hydrogens is 426 g/mol. The first kappa shape index (κ1) is 24.3. The third kappa shape index (κ3) is 6.11. The van der Waals surface area contributed by atoms with Crippen LogP contribution in [0.25, 0.3) is 0 Å². The van der Waals surface area contributed by atoms with Crippen molar-refractivity contribution in [2.24, 2.45) is 0 Å². The summed E-state index contributed by atoms with van der Waals surface area (Å²) in [5, 5.41) is 12.7. The van der Waals surface area contributed by atoms with Crippen molar-refractivity contribution in [1.29, 1.82) is 5.26 Å². The zero-order valence-electron chi connectivity index (χ0n) is 19.0. The van der Waals surface area contributed by atoms with Crippen LogP contribution in [0.2, 0.25) is 0 Å². The second kappa shape index (κ2) is 11.0. The van der Waals surface area contributed by atoms with Crippen molar-refractivity contribution < 1.29 is 17.9 Å². The molecule has 8 heteroatoms. The van der Waals surface area contributed by atoms with Gasteiger partial charge in [0.15, 0.2) is 9.84 Å². The molecule has 1 aromatic carbocycles. The number of ether oxygens (including phenoxy) is 1. The normalized spacial score (nSPS) is 20.8. The summed E-state index contributed by atoms with van der Waals surface area (Å²) in [6.07, 6.45) is 7.27. The molecule has 1 aliphatic carbocycles. The van der Waals surface area contributed by atoms with Crippen molar-refractivity contribution in [2.45, 2.75) is 57.5 Å². The second-order valence-corrected chi connectivity index (χ2v) is 10.8. The quantitative estimate of drug-likeness (QED) is 0.450. The molecule has 1 N–H and O–H groups in total. The summed E-state index contributed by atoms with van der Waals surface area (Å²) < 4.78 is 29.0. The van der Waals surface area contributed by atoms with E-state index in [1.54, 1.807) is 12.0 Å². The first-order valence-corrected chi connectivity index (χ1v) is 13.2. The number of methoxy groups -OCH3 is 1. The van der Waals surface area contributed by atoms with Crippen molar-refractivity contribution in [3.8, 4) is 6.07 Å². The Morgan fingerprint density at radius 1 is 1.34 bits per heavy atom. The molecule has 0 aromatic heterocycles. The molecule has 174 valence electrons. The third-order valence-corrected chi connectivity index (χ3v) is 8.13. The number of rotatable bonds is 9. The summed E-state index contributed by atoms with van der Waals surface area (Å²) in [6, 6.07) is 7.98. The summed E-state index contributed by atoms with van der Waals surface area (Å²) in [6.45, 7) is 2.80. The molecule has 0 saturated carbocycles. The highest BCUT2D eigenvalue weighted by Crippen LogP contribution is 2.26. The molecule has 1 aliphatic heterocycles. The van der Waals surface area contributed by atoms with Gasteiger partial charge in [0.05, 0.1) is 24.2 Å². The smallest absolute Gasteiger partial charge is 0.263 e. The minimum atomic E-state index is -3.09. The van der Waals surface area contributed by atoms with Crippen LogP contribution in [0.5, 0.6) is 0 Å². The van der Waals surface area contributed by atoms with E-state index in [-0.39, 0.29) is 29.2 Å². The Kier molecular flexibility index (Phi) is 8.32. The lowest BCUT2D eigenvalue weighted by Gasteiger charge is -2.27. The Labute approximate surface area is 191 Å². The Morgan fingerprint density at radius 3 is 2.72 bits per heavy atom. The molecular formula is C24H33N3O4S. The van der Waals surface area contributed by atoms with Crippen LogP contribution in [0, 0.1) is 11.3 Å². The largest absolute Gasteiger partial charge is 0.383 e. The lowest BCUT2D eigenvalue weighted by molar-refractivity contribution is -0.118. The number of benzene rings is 1. The molecule has 1 aromatic rings. The molecule has 1 heterocycles. The molecule has 2 atom stereocenters. The van der Waals surface area contributed by atoms with E-state index in [1.807, 2.05) is 13.0 Å². The van der Waals surface area contributed by atoms with Gasteiger partial charge in [-0.3, -0.25) is 4.79 Å². The lowest BCUT2D eigenvalue weighted by atomic mass is 9.88. The van der Waals surface area contributed by atoms with E-state index in [2.05, 4.69) is 23.5 Å². The summed E-state index contributed by atoms with van der Waals surface area (Å²) in [5.74, 6) is -0.292. The van der Waals surface area contributed by atoms with Crippen LogP contribution in [0.4, 0.5) is 0 Å². The highest BCUT2D eigenvalue weighted by atomic mass is 32.2. The molecule has 0 radical (unpaired) electrons. The number of hydrogen-bond acceptors (Lipinski definition) is 6.